The molecule has 0 saturated heterocycles. The van der Waals surface area contributed by atoms with Crippen LogP contribution in [0.3, 0.4) is 0 Å². The van der Waals surface area contributed by atoms with E-state index in [2.05, 4.69) is 12.2 Å². The van der Waals surface area contributed by atoms with Crippen molar-refractivity contribution < 1.29 is 0 Å². The van der Waals surface area contributed by atoms with Crippen LogP contribution in [0, 0.1) is 0 Å². The smallest absolute Gasteiger partial charge is 0.0928 e. The first kappa shape index (κ1) is 15.2. The number of pyridine rings is 1. The molecule has 0 bridgehead atoms. The Morgan fingerprint density at radius 1 is 1.14 bits per heavy atom. The van der Waals surface area contributed by atoms with E-state index < -0.39 is 0 Å². The molecular formula is C16H17Cl3N2. The number of rotatable bonds is 3. The van der Waals surface area contributed by atoms with Gasteiger partial charge in [0.05, 0.1) is 26.3 Å². The average Bonchev–Trinajstić information content (AvgIpc) is 2.49. The lowest BCUT2D eigenvalue weighted by atomic mass is 9.92. The van der Waals surface area contributed by atoms with Crippen LogP contribution in [0.5, 0.6) is 0 Å². The molecule has 0 spiro atoms. The normalized spacial score (nSPS) is 14.3. The Balaban J connectivity index is 2.35. The zero-order chi connectivity index (χ0) is 15.0. The summed E-state index contributed by atoms with van der Waals surface area (Å²) in [5.41, 5.74) is 4.26. The summed E-state index contributed by atoms with van der Waals surface area (Å²) in [5.74, 6) is 0. The molecule has 0 aliphatic heterocycles. The van der Waals surface area contributed by atoms with Gasteiger partial charge in [0.2, 0.25) is 0 Å². The van der Waals surface area contributed by atoms with Gasteiger partial charge in [-0.2, -0.15) is 0 Å². The topological polar surface area (TPSA) is 24.9 Å². The lowest BCUT2D eigenvalue weighted by Gasteiger charge is -2.22. The highest BCUT2D eigenvalue weighted by atomic mass is 35.5. The molecule has 2 nitrogen and oxygen atoms in total. The van der Waals surface area contributed by atoms with Crippen molar-refractivity contribution in [2.45, 2.75) is 39.0 Å². The molecular weight excluding hydrogens is 327 g/mol. The molecule has 0 fully saturated rings. The van der Waals surface area contributed by atoms with Crippen LogP contribution >= 0.6 is 34.8 Å². The molecule has 0 amide bonds. The fourth-order valence-electron chi connectivity index (χ4n) is 2.94. The van der Waals surface area contributed by atoms with Gasteiger partial charge >= 0.3 is 0 Å². The first-order valence-electron chi connectivity index (χ1n) is 7.36. The van der Waals surface area contributed by atoms with Gasteiger partial charge in [-0.3, -0.25) is 4.98 Å². The molecule has 1 N–H and O–H groups in total. The molecule has 3 rings (SSSR count). The average molecular weight is 344 g/mol. The minimum Gasteiger partial charge on any atom is -0.384 e. The minimum atomic E-state index is 0.478. The number of aromatic nitrogens is 1. The van der Waals surface area contributed by atoms with Gasteiger partial charge in [0.15, 0.2) is 0 Å². The van der Waals surface area contributed by atoms with Gasteiger partial charge in [0.25, 0.3) is 0 Å². The van der Waals surface area contributed by atoms with Crippen LogP contribution in [-0.4, -0.2) is 11.5 Å². The third kappa shape index (κ3) is 2.69. The highest BCUT2D eigenvalue weighted by Gasteiger charge is 2.22. The quantitative estimate of drug-likeness (QED) is 0.702. The number of hydrogen-bond donors (Lipinski definition) is 1. The Hall–Kier alpha value is -0.700. The van der Waals surface area contributed by atoms with E-state index in [9.17, 15) is 0 Å². The second kappa shape index (κ2) is 6.20. The molecule has 1 heterocycles. The Kier molecular flexibility index (Phi) is 4.49. The summed E-state index contributed by atoms with van der Waals surface area (Å²) in [6, 6.07) is 1.68. The summed E-state index contributed by atoms with van der Waals surface area (Å²) in [6.45, 7) is 3.04. The third-order valence-electron chi connectivity index (χ3n) is 3.93. The van der Waals surface area contributed by atoms with Gasteiger partial charge in [-0.25, -0.2) is 0 Å². The summed E-state index contributed by atoms with van der Waals surface area (Å²) in [4.78, 5) is 4.77. The molecule has 0 radical (unpaired) electrons. The lowest BCUT2D eigenvalue weighted by Crippen LogP contribution is -2.12. The number of hydrogen-bond acceptors (Lipinski definition) is 2. The molecule has 1 aliphatic rings. The van der Waals surface area contributed by atoms with Crippen LogP contribution in [0.25, 0.3) is 10.9 Å². The summed E-state index contributed by atoms with van der Waals surface area (Å²) >= 11 is 19.0. The van der Waals surface area contributed by atoms with Crippen LogP contribution in [-0.2, 0) is 12.8 Å². The minimum absolute atomic E-state index is 0.478. The maximum Gasteiger partial charge on any atom is 0.0928 e. The van der Waals surface area contributed by atoms with E-state index in [-0.39, 0.29) is 0 Å². The van der Waals surface area contributed by atoms with Gasteiger partial charge in [0.1, 0.15) is 0 Å². The second-order valence-electron chi connectivity index (χ2n) is 5.42. The Bertz CT molecular complexity index is 698. The molecule has 2 aromatic rings. The summed E-state index contributed by atoms with van der Waals surface area (Å²) in [7, 11) is 0. The zero-order valence-corrected chi connectivity index (χ0v) is 14.2. The number of benzene rings is 1. The van der Waals surface area contributed by atoms with Gasteiger partial charge in [0, 0.05) is 17.6 Å². The highest BCUT2D eigenvalue weighted by Crippen LogP contribution is 2.42. The van der Waals surface area contributed by atoms with Crippen molar-refractivity contribution in [3.05, 3.63) is 32.4 Å². The number of nitrogens with zero attached hydrogens (tertiary/aromatic N) is 1. The SMILES string of the molecule is CCCNc1c2c(nc3c(Cl)cc(Cl)c(Cl)c13)CCCC2. The lowest BCUT2D eigenvalue weighted by molar-refractivity contribution is 0.672. The molecule has 1 aromatic heterocycles. The maximum atomic E-state index is 6.45. The molecule has 1 aromatic carbocycles. The largest absolute Gasteiger partial charge is 0.384 e. The molecule has 0 atom stereocenters. The van der Waals surface area contributed by atoms with Gasteiger partial charge in [-0.15, -0.1) is 0 Å². The summed E-state index contributed by atoms with van der Waals surface area (Å²) in [6.07, 6.45) is 5.45. The molecule has 1 aliphatic carbocycles. The van der Waals surface area contributed by atoms with E-state index in [0.29, 0.717) is 15.1 Å². The Labute approximate surface area is 139 Å². The molecule has 5 heteroatoms. The zero-order valence-electron chi connectivity index (χ0n) is 11.9. The van der Waals surface area contributed by atoms with Crippen molar-refractivity contribution in [2.24, 2.45) is 0 Å². The number of fused-ring (bicyclic) bond motifs is 2. The maximum absolute atomic E-state index is 6.45. The van der Waals surface area contributed by atoms with Gasteiger partial charge in [-0.05, 0) is 43.7 Å². The predicted octanol–water partition coefficient (Wildman–Crippen LogP) is 5.90. The monoisotopic (exact) mass is 342 g/mol. The summed E-state index contributed by atoms with van der Waals surface area (Å²) in [5, 5.41) is 5.96. The van der Waals surface area contributed by atoms with Crippen molar-refractivity contribution in [3.63, 3.8) is 0 Å². The van der Waals surface area contributed by atoms with Crippen LogP contribution in [0.4, 0.5) is 5.69 Å². The fourth-order valence-corrected chi connectivity index (χ4v) is 3.68. The Morgan fingerprint density at radius 3 is 2.67 bits per heavy atom. The van der Waals surface area contributed by atoms with Crippen LogP contribution in [0.15, 0.2) is 6.07 Å². The first-order valence-corrected chi connectivity index (χ1v) is 8.49. The Morgan fingerprint density at radius 2 is 1.90 bits per heavy atom. The molecule has 0 unspecified atom stereocenters. The number of nitrogens with one attached hydrogen (secondary N) is 1. The van der Waals surface area contributed by atoms with Gasteiger partial charge in [-0.1, -0.05) is 41.7 Å². The fraction of sp³-hybridized carbons (Fsp3) is 0.438. The van der Waals surface area contributed by atoms with Crippen molar-refractivity contribution >= 4 is 51.4 Å². The first-order chi connectivity index (χ1) is 10.1. The van der Waals surface area contributed by atoms with Crippen LogP contribution in [0.1, 0.15) is 37.4 Å². The van der Waals surface area contributed by atoms with E-state index in [1.54, 1.807) is 6.07 Å². The van der Waals surface area contributed by atoms with E-state index >= 15 is 0 Å². The van der Waals surface area contributed by atoms with E-state index in [1.165, 1.54) is 18.4 Å². The number of anilines is 1. The van der Waals surface area contributed by atoms with Crippen LogP contribution < -0.4 is 5.32 Å². The number of halogens is 3. The van der Waals surface area contributed by atoms with E-state index in [1.807, 2.05) is 0 Å². The molecule has 21 heavy (non-hydrogen) atoms. The standard InChI is InChI=1S/C16H17Cl3N2/c1-2-7-20-15-9-5-3-4-6-12(9)21-16-11(18)8-10(17)14(19)13(15)16/h8H,2-7H2,1H3,(H,20,21). The van der Waals surface area contributed by atoms with Gasteiger partial charge < -0.3 is 5.32 Å². The number of aryl methyl sites for hydroxylation is 1. The highest BCUT2D eigenvalue weighted by molar-refractivity contribution is 6.48. The second-order valence-corrected chi connectivity index (χ2v) is 6.62. The van der Waals surface area contributed by atoms with Crippen molar-refractivity contribution in [3.8, 4) is 0 Å². The molecule has 0 saturated carbocycles. The van der Waals surface area contributed by atoms with Crippen molar-refractivity contribution in [1.82, 2.24) is 4.98 Å². The van der Waals surface area contributed by atoms with E-state index in [4.69, 9.17) is 39.8 Å². The molecule has 112 valence electrons. The van der Waals surface area contributed by atoms with Crippen LogP contribution in [0.2, 0.25) is 15.1 Å². The van der Waals surface area contributed by atoms with Crippen molar-refractivity contribution in [2.75, 3.05) is 11.9 Å². The summed E-state index contributed by atoms with van der Waals surface area (Å²) < 4.78 is 0. The third-order valence-corrected chi connectivity index (χ3v) is 5.01. The van der Waals surface area contributed by atoms with Crippen molar-refractivity contribution in [1.29, 1.82) is 0 Å². The predicted molar refractivity (Wildman–Crippen MR) is 92.2 cm³/mol. The van der Waals surface area contributed by atoms with E-state index in [0.717, 1.165) is 48.1 Å².